The van der Waals surface area contributed by atoms with Crippen LogP contribution in [0.1, 0.15) is 23.1 Å². The Hall–Kier alpha value is -3.22. The molecule has 0 atom stereocenters. The van der Waals surface area contributed by atoms with Crippen LogP contribution in [-0.4, -0.2) is 40.5 Å². The summed E-state index contributed by atoms with van der Waals surface area (Å²) in [4.78, 5) is 25.4. The van der Waals surface area contributed by atoms with Gasteiger partial charge in [-0.3, -0.25) is 4.79 Å². The second kappa shape index (κ2) is 8.24. The zero-order valence-corrected chi connectivity index (χ0v) is 14.9. The number of pyridine rings is 1. The number of amides is 1. The summed E-state index contributed by atoms with van der Waals surface area (Å²) in [6.45, 7) is 5.70. The highest BCUT2D eigenvalue weighted by molar-refractivity contribution is 5.94. The van der Waals surface area contributed by atoms with Crippen molar-refractivity contribution in [2.45, 2.75) is 13.8 Å². The van der Waals surface area contributed by atoms with Crippen LogP contribution in [-0.2, 0) is 0 Å². The lowest BCUT2D eigenvalue weighted by Gasteiger charge is -2.09. The first-order valence-corrected chi connectivity index (χ1v) is 8.63. The van der Waals surface area contributed by atoms with E-state index >= 15 is 0 Å². The van der Waals surface area contributed by atoms with Gasteiger partial charge in [-0.05, 0) is 26.0 Å². The molecule has 3 aromatic rings. The van der Waals surface area contributed by atoms with Gasteiger partial charge in [0.1, 0.15) is 11.5 Å². The lowest BCUT2D eigenvalue weighted by Crippen LogP contribution is -2.29. The van der Waals surface area contributed by atoms with E-state index in [2.05, 4.69) is 30.9 Å². The molecule has 0 spiro atoms. The molecule has 1 amide bonds. The Morgan fingerprint density at radius 3 is 2.69 bits per heavy atom. The maximum absolute atomic E-state index is 12.3. The van der Waals surface area contributed by atoms with Crippen molar-refractivity contribution < 1.29 is 4.79 Å². The second-order valence-electron chi connectivity index (χ2n) is 5.82. The molecule has 0 saturated heterocycles. The fourth-order valence-corrected chi connectivity index (χ4v) is 2.55. The standard InChI is InChI=1S/C19H22N6O/c1-3-20-17-12-13(2)23-19(25-17)22-11-10-21-18(26)16-9-8-14-6-4-5-7-15(14)24-16/h4-9,12H,3,10-11H2,1-2H3,(H,21,26)(H2,20,22,23,25). The van der Waals surface area contributed by atoms with Gasteiger partial charge in [-0.1, -0.05) is 24.3 Å². The highest BCUT2D eigenvalue weighted by atomic mass is 16.1. The Morgan fingerprint density at radius 2 is 1.85 bits per heavy atom. The number of fused-ring (bicyclic) bond motifs is 1. The van der Waals surface area contributed by atoms with Gasteiger partial charge in [0.05, 0.1) is 5.52 Å². The van der Waals surface area contributed by atoms with Crippen molar-refractivity contribution >= 4 is 28.6 Å². The Balaban J connectivity index is 1.53. The number of para-hydroxylation sites is 1. The van der Waals surface area contributed by atoms with Crippen LogP contribution < -0.4 is 16.0 Å². The summed E-state index contributed by atoms with van der Waals surface area (Å²) >= 11 is 0. The number of carbonyl (C=O) groups is 1. The third kappa shape index (κ3) is 4.44. The Morgan fingerprint density at radius 1 is 1.00 bits per heavy atom. The maximum atomic E-state index is 12.3. The molecule has 0 aliphatic heterocycles. The third-order valence-electron chi connectivity index (χ3n) is 3.74. The van der Waals surface area contributed by atoms with Crippen LogP contribution in [0.5, 0.6) is 0 Å². The smallest absolute Gasteiger partial charge is 0.269 e. The average Bonchev–Trinajstić information content (AvgIpc) is 2.64. The SMILES string of the molecule is CCNc1cc(C)nc(NCCNC(=O)c2ccc3ccccc3n2)n1. The first-order chi connectivity index (χ1) is 12.7. The lowest BCUT2D eigenvalue weighted by atomic mass is 10.2. The minimum Gasteiger partial charge on any atom is -0.370 e. The molecule has 0 bridgehead atoms. The Labute approximate surface area is 152 Å². The van der Waals surface area contributed by atoms with Gasteiger partial charge in [0.2, 0.25) is 5.95 Å². The van der Waals surface area contributed by atoms with Crippen LogP contribution in [0, 0.1) is 6.92 Å². The summed E-state index contributed by atoms with van der Waals surface area (Å²) in [7, 11) is 0. The van der Waals surface area contributed by atoms with E-state index in [9.17, 15) is 4.79 Å². The van der Waals surface area contributed by atoms with Crippen molar-refractivity contribution in [1.29, 1.82) is 0 Å². The van der Waals surface area contributed by atoms with E-state index < -0.39 is 0 Å². The van der Waals surface area contributed by atoms with Gasteiger partial charge in [0, 0.05) is 36.8 Å². The summed E-state index contributed by atoms with van der Waals surface area (Å²) in [5.74, 6) is 1.13. The van der Waals surface area contributed by atoms with Crippen LogP contribution >= 0.6 is 0 Å². The van der Waals surface area contributed by atoms with Crippen LogP contribution in [0.2, 0.25) is 0 Å². The Bertz CT molecular complexity index is 911. The number of benzene rings is 1. The molecule has 0 radical (unpaired) electrons. The molecule has 7 nitrogen and oxygen atoms in total. The Kier molecular flexibility index (Phi) is 5.58. The third-order valence-corrected chi connectivity index (χ3v) is 3.74. The van der Waals surface area contributed by atoms with Gasteiger partial charge < -0.3 is 16.0 Å². The van der Waals surface area contributed by atoms with Crippen molar-refractivity contribution in [3.8, 4) is 0 Å². The molecule has 1 aromatic carbocycles. The summed E-state index contributed by atoms with van der Waals surface area (Å²) in [5, 5.41) is 10.2. The largest absolute Gasteiger partial charge is 0.370 e. The predicted molar refractivity (Wildman–Crippen MR) is 103 cm³/mol. The van der Waals surface area contributed by atoms with Crippen LogP contribution in [0.25, 0.3) is 10.9 Å². The van der Waals surface area contributed by atoms with Crippen molar-refractivity contribution in [2.24, 2.45) is 0 Å². The summed E-state index contributed by atoms with van der Waals surface area (Å²) < 4.78 is 0. The number of nitrogens with zero attached hydrogens (tertiary/aromatic N) is 3. The molecule has 0 saturated carbocycles. The molecule has 3 rings (SSSR count). The fraction of sp³-hybridized carbons (Fsp3) is 0.263. The molecule has 134 valence electrons. The highest BCUT2D eigenvalue weighted by Gasteiger charge is 2.07. The van der Waals surface area contributed by atoms with Gasteiger partial charge in [-0.2, -0.15) is 4.98 Å². The predicted octanol–water partition coefficient (Wildman–Crippen LogP) is 2.61. The van der Waals surface area contributed by atoms with E-state index in [1.807, 2.05) is 50.2 Å². The number of carbonyl (C=O) groups excluding carboxylic acids is 1. The zero-order chi connectivity index (χ0) is 18.4. The molecule has 2 heterocycles. The topological polar surface area (TPSA) is 91.8 Å². The van der Waals surface area contributed by atoms with E-state index in [-0.39, 0.29) is 5.91 Å². The van der Waals surface area contributed by atoms with Crippen LogP contribution in [0.15, 0.2) is 42.5 Å². The minimum atomic E-state index is -0.198. The zero-order valence-electron chi connectivity index (χ0n) is 14.9. The van der Waals surface area contributed by atoms with Crippen LogP contribution in [0.3, 0.4) is 0 Å². The molecular formula is C19H22N6O. The molecule has 0 unspecified atom stereocenters. The summed E-state index contributed by atoms with van der Waals surface area (Å²) in [6.07, 6.45) is 0. The van der Waals surface area contributed by atoms with Gasteiger partial charge in [-0.25, -0.2) is 9.97 Å². The number of aryl methyl sites for hydroxylation is 1. The molecule has 7 heteroatoms. The van der Waals surface area contributed by atoms with Crippen molar-refractivity contribution in [3.05, 3.63) is 53.9 Å². The molecular weight excluding hydrogens is 328 g/mol. The van der Waals surface area contributed by atoms with Crippen molar-refractivity contribution in [1.82, 2.24) is 20.3 Å². The van der Waals surface area contributed by atoms with Gasteiger partial charge in [-0.15, -0.1) is 0 Å². The molecule has 0 aliphatic carbocycles. The second-order valence-corrected chi connectivity index (χ2v) is 5.82. The van der Waals surface area contributed by atoms with Gasteiger partial charge in [0.15, 0.2) is 0 Å². The normalized spacial score (nSPS) is 10.5. The quantitative estimate of drug-likeness (QED) is 0.567. The number of anilines is 2. The summed E-state index contributed by atoms with van der Waals surface area (Å²) in [6, 6.07) is 13.2. The molecule has 26 heavy (non-hydrogen) atoms. The monoisotopic (exact) mass is 350 g/mol. The van der Waals surface area contributed by atoms with Crippen LogP contribution in [0.4, 0.5) is 11.8 Å². The van der Waals surface area contributed by atoms with E-state index in [1.165, 1.54) is 0 Å². The first kappa shape index (κ1) is 17.6. The summed E-state index contributed by atoms with van der Waals surface area (Å²) in [5.41, 5.74) is 2.09. The van der Waals surface area contributed by atoms with Gasteiger partial charge in [0.25, 0.3) is 5.91 Å². The number of rotatable bonds is 7. The number of nitrogens with one attached hydrogen (secondary N) is 3. The molecule has 0 aliphatic rings. The van der Waals surface area contributed by atoms with E-state index in [1.54, 1.807) is 6.07 Å². The molecule has 3 N–H and O–H groups in total. The lowest BCUT2D eigenvalue weighted by molar-refractivity contribution is 0.0950. The number of hydrogen-bond acceptors (Lipinski definition) is 6. The van der Waals surface area contributed by atoms with Crippen molar-refractivity contribution in [2.75, 3.05) is 30.3 Å². The maximum Gasteiger partial charge on any atom is 0.269 e. The molecule has 0 fully saturated rings. The van der Waals surface area contributed by atoms with E-state index in [0.717, 1.165) is 29.0 Å². The van der Waals surface area contributed by atoms with Crippen molar-refractivity contribution in [3.63, 3.8) is 0 Å². The number of hydrogen-bond donors (Lipinski definition) is 3. The van der Waals surface area contributed by atoms with E-state index in [4.69, 9.17) is 0 Å². The minimum absolute atomic E-state index is 0.198. The number of aromatic nitrogens is 3. The van der Waals surface area contributed by atoms with Gasteiger partial charge >= 0.3 is 0 Å². The first-order valence-electron chi connectivity index (χ1n) is 8.63. The highest BCUT2D eigenvalue weighted by Crippen LogP contribution is 2.12. The van der Waals surface area contributed by atoms with E-state index in [0.29, 0.717) is 24.7 Å². The molecule has 2 aromatic heterocycles. The fourth-order valence-electron chi connectivity index (χ4n) is 2.55. The average molecular weight is 350 g/mol.